The number of hydrogen-bond donors (Lipinski definition) is 2. The Bertz CT molecular complexity index is 1080. The van der Waals surface area contributed by atoms with Crippen LogP contribution in [0.3, 0.4) is 0 Å². The van der Waals surface area contributed by atoms with Crippen molar-refractivity contribution in [1.29, 1.82) is 0 Å². The van der Waals surface area contributed by atoms with Crippen molar-refractivity contribution in [1.82, 2.24) is 5.32 Å². The highest BCUT2D eigenvalue weighted by atomic mass is 79.9. The summed E-state index contributed by atoms with van der Waals surface area (Å²) in [5.74, 6) is -1.28. The summed E-state index contributed by atoms with van der Waals surface area (Å²) in [6.45, 7) is 0.299. The first-order valence-electron chi connectivity index (χ1n) is 8.84. The second-order valence-corrected chi connectivity index (χ2v) is 7.31. The molecule has 3 aromatic carbocycles. The van der Waals surface area contributed by atoms with E-state index in [9.17, 15) is 22.8 Å². The smallest absolute Gasteiger partial charge is 0.348 e. The molecule has 154 valence electrons. The highest BCUT2D eigenvalue weighted by molar-refractivity contribution is 9.10. The third kappa shape index (κ3) is 5.48. The predicted molar refractivity (Wildman–Crippen MR) is 111 cm³/mol. The van der Waals surface area contributed by atoms with Gasteiger partial charge in [-0.1, -0.05) is 46.3 Å². The number of anilines is 1. The third-order valence-electron chi connectivity index (χ3n) is 4.20. The van der Waals surface area contributed by atoms with Gasteiger partial charge in [-0.25, -0.2) is 0 Å². The molecule has 2 amide bonds. The highest BCUT2D eigenvalue weighted by Gasteiger charge is 2.34. The molecule has 0 heterocycles. The molecular weight excluding hydrogens is 461 g/mol. The van der Waals surface area contributed by atoms with Gasteiger partial charge in [0.15, 0.2) is 0 Å². The van der Waals surface area contributed by atoms with E-state index in [2.05, 4.69) is 26.6 Å². The molecule has 30 heavy (non-hydrogen) atoms. The number of rotatable bonds is 5. The Morgan fingerprint density at radius 1 is 0.867 bits per heavy atom. The van der Waals surface area contributed by atoms with Gasteiger partial charge >= 0.3 is 6.18 Å². The van der Waals surface area contributed by atoms with Crippen LogP contribution >= 0.6 is 15.9 Å². The van der Waals surface area contributed by atoms with Crippen LogP contribution in [-0.2, 0) is 12.7 Å². The van der Waals surface area contributed by atoms with Crippen molar-refractivity contribution in [2.45, 2.75) is 12.7 Å². The minimum absolute atomic E-state index is 0.215. The van der Waals surface area contributed by atoms with Crippen molar-refractivity contribution in [3.63, 3.8) is 0 Å². The number of halogens is 4. The van der Waals surface area contributed by atoms with Gasteiger partial charge in [0.2, 0.25) is 0 Å². The topological polar surface area (TPSA) is 58.2 Å². The Balaban J connectivity index is 1.71. The van der Waals surface area contributed by atoms with E-state index >= 15 is 0 Å². The van der Waals surface area contributed by atoms with Crippen LogP contribution in [0.5, 0.6) is 0 Å². The van der Waals surface area contributed by atoms with Crippen LogP contribution < -0.4 is 10.6 Å². The predicted octanol–water partition coefficient (Wildman–Crippen LogP) is 5.65. The van der Waals surface area contributed by atoms with Gasteiger partial charge < -0.3 is 10.6 Å². The number of hydrogen-bond acceptors (Lipinski definition) is 2. The molecular formula is C22H16BrF3N2O2. The largest absolute Gasteiger partial charge is 0.417 e. The molecule has 0 unspecified atom stereocenters. The summed E-state index contributed by atoms with van der Waals surface area (Å²) < 4.78 is 40.3. The number of alkyl halides is 3. The molecule has 0 aliphatic heterocycles. The lowest BCUT2D eigenvalue weighted by atomic mass is 10.1. The molecule has 0 bridgehead atoms. The molecule has 0 saturated heterocycles. The van der Waals surface area contributed by atoms with E-state index in [4.69, 9.17) is 0 Å². The fraction of sp³-hybridized carbons (Fsp3) is 0.0909. The summed E-state index contributed by atoms with van der Waals surface area (Å²) in [6.07, 6.45) is -4.65. The van der Waals surface area contributed by atoms with Gasteiger partial charge in [0, 0.05) is 22.3 Å². The molecule has 0 atom stereocenters. The fourth-order valence-electron chi connectivity index (χ4n) is 2.80. The van der Waals surface area contributed by atoms with Crippen molar-refractivity contribution in [2.75, 3.05) is 5.32 Å². The minimum atomic E-state index is -4.65. The van der Waals surface area contributed by atoms with Gasteiger partial charge in [-0.05, 0) is 48.0 Å². The number of carbonyl (C=O) groups excluding carboxylic acids is 2. The van der Waals surface area contributed by atoms with Crippen molar-refractivity contribution in [2.24, 2.45) is 0 Å². The molecule has 0 fully saturated rings. The number of amides is 2. The first-order valence-corrected chi connectivity index (χ1v) is 9.63. The molecule has 8 heteroatoms. The lowest BCUT2D eigenvalue weighted by molar-refractivity contribution is -0.137. The summed E-state index contributed by atoms with van der Waals surface area (Å²) in [6, 6.07) is 18.0. The Morgan fingerprint density at radius 3 is 2.33 bits per heavy atom. The molecule has 3 aromatic rings. The first-order chi connectivity index (χ1) is 14.2. The van der Waals surface area contributed by atoms with Crippen LogP contribution in [0.15, 0.2) is 77.3 Å². The summed E-state index contributed by atoms with van der Waals surface area (Å²) in [4.78, 5) is 24.8. The van der Waals surface area contributed by atoms with Gasteiger partial charge in [-0.15, -0.1) is 0 Å². The van der Waals surface area contributed by atoms with Crippen LogP contribution in [0.25, 0.3) is 0 Å². The van der Waals surface area contributed by atoms with E-state index in [1.807, 2.05) is 24.3 Å². The van der Waals surface area contributed by atoms with Gasteiger partial charge in [0.05, 0.1) is 11.1 Å². The monoisotopic (exact) mass is 476 g/mol. The summed E-state index contributed by atoms with van der Waals surface area (Å²) in [7, 11) is 0. The van der Waals surface area contributed by atoms with Crippen LogP contribution in [0.4, 0.5) is 18.9 Å². The minimum Gasteiger partial charge on any atom is -0.348 e. The molecule has 0 spiro atoms. The van der Waals surface area contributed by atoms with Gasteiger partial charge in [-0.2, -0.15) is 13.2 Å². The Hall–Kier alpha value is -3.13. The van der Waals surface area contributed by atoms with Gasteiger partial charge in [0.25, 0.3) is 11.8 Å². The maximum absolute atomic E-state index is 13.1. The second-order valence-electron chi connectivity index (χ2n) is 6.39. The average molecular weight is 477 g/mol. The zero-order valence-corrected chi connectivity index (χ0v) is 17.0. The molecule has 0 aliphatic rings. The van der Waals surface area contributed by atoms with Crippen LogP contribution in [0.1, 0.15) is 31.8 Å². The Labute approximate surface area is 179 Å². The summed E-state index contributed by atoms with van der Waals surface area (Å²) in [5, 5.41) is 5.18. The van der Waals surface area contributed by atoms with E-state index < -0.39 is 23.2 Å². The lowest BCUT2D eigenvalue weighted by Gasteiger charge is -2.13. The molecule has 0 saturated carbocycles. The third-order valence-corrected chi connectivity index (χ3v) is 4.70. The Morgan fingerprint density at radius 2 is 1.60 bits per heavy atom. The van der Waals surface area contributed by atoms with Crippen molar-refractivity contribution < 1.29 is 22.8 Å². The molecule has 4 nitrogen and oxygen atoms in total. The van der Waals surface area contributed by atoms with Crippen molar-refractivity contribution in [3.05, 3.63) is 99.5 Å². The maximum Gasteiger partial charge on any atom is 0.417 e. The first kappa shape index (κ1) is 21.6. The zero-order valence-electron chi connectivity index (χ0n) is 15.5. The molecule has 2 N–H and O–H groups in total. The highest BCUT2D eigenvalue weighted by Crippen LogP contribution is 2.32. The summed E-state index contributed by atoms with van der Waals surface area (Å²) in [5.41, 5.74) is -0.134. The van der Waals surface area contributed by atoms with E-state index in [0.717, 1.165) is 22.2 Å². The summed E-state index contributed by atoms with van der Waals surface area (Å²) >= 11 is 3.36. The maximum atomic E-state index is 13.1. The standard InChI is InChI=1S/C22H16BrF3N2O2/c23-16-7-3-5-14(11-16)13-27-20(29)15-6-4-8-17(12-15)28-21(30)18-9-1-2-10-19(18)22(24,25)26/h1-12H,13H2,(H,27,29)(H,28,30). The fourth-order valence-corrected chi connectivity index (χ4v) is 3.24. The van der Waals surface area contributed by atoms with Crippen LogP contribution in [0, 0.1) is 0 Å². The second kappa shape index (κ2) is 9.13. The molecule has 0 aromatic heterocycles. The number of carbonyl (C=O) groups is 2. The van der Waals surface area contributed by atoms with E-state index in [1.54, 1.807) is 12.1 Å². The normalized spacial score (nSPS) is 11.1. The lowest BCUT2D eigenvalue weighted by Crippen LogP contribution is -2.23. The van der Waals surface area contributed by atoms with Gasteiger partial charge in [0.1, 0.15) is 0 Å². The van der Waals surface area contributed by atoms with Crippen LogP contribution in [-0.4, -0.2) is 11.8 Å². The average Bonchev–Trinajstić information content (AvgIpc) is 2.71. The SMILES string of the molecule is O=C(NCc1cccc(Br)c1)c1cccc(NC(=O)c2ccccc2C(F)(F)F)c1. The van der Waals surface area contributed by atoms with E-state index in [-0.39, 0.29) is 17.2 Å². The Kier molecular flexibility index (Phi) is 6.56. The molecule has 3 rings (SSSR count). The van der Waals surface area contributed by atoms with Crippen molar-refractivity contribution in [3.8, 4) is 0 Å². The van der Waals surface area contributed by atoms with Gasteiger partial charge in [-0.3, -0.25) is 9.59 Å². The van der Waals surface area contributed by atoms with E-state index in [0.29, 0.717) is 6.54 Å². The quantitative estimate of drug-likeness (QED) is 0.499. The zero-order chi connectivity index (χ0) is 21.7. The van der Waals surface area contributed by atoms with Crippen molar-refractivity contribution >= 4 is 33.4 Å². The van der Waals surface area contributed by atoms with Crippen LogP contribution in [0.2, 0.25) is 0 Å². The molecule has 0 aliphatic carbocycles. The van der Waals surface area contributed by atoms with E-state index in [1.165, 1.54) is 24.3 Å². The molecule has 0 radical (unpaired) electrons. The number of benzene rings is 3. The number of nitrogens with one attached hydrogen (secondary N) is 2.